The SMILES string of the molecule is CC(C)(C)Cc1cc(-c2[c-]cccc2)ncc1[Si](C)(C)C.Cc1nccc2c1nc(-c1[c-]ccc3c1oc1ccccc13)n2-c1c(C(C)C)cc(-c2ccccc2)cc1C(C)C.[Ir]. The summed E-state index contributed by atoms with van der Waals surface area (Å²) in [7, 11) is -1.37. The zero-order valence-corrected chi connectivity index (χ0v) is 41.9. The van der Waals surface area contributed by atoms with Crippen LogP contribution in [0.25, 0.3) is 72.4 Å². The zero-order valence-electron chi connectivity index (χ0n) is 38.5. The molecule has 0 amide bonds. The Morgan fingerprint density at radius 2 is 1.41 bits per heavy atom. The number of hydrogen-bond donors (Lipinski definition) is 0. The molecular weight excluding hydrogens is 965 g/mol. The molecule has 0 aliphatic heterocycles. The van der Waals surface area contributed by atoms with Crippen LogP contribution in [0.3, 0.4) is 0 Å². The maximum Gasteiger partial charge on any atom is 0.120 e. The van der Waals surface area contributed by atoms with Crippen LogP contribution in [0.5, 0.6) is 0 Å². The average Bonchev–Trinajstić information content (AvgIpc) is 3.83. The molecule has 0 bridgehead atoms. The number of para-hydroxylation sites is 1. The number of hydrogen-bond acceptors (Lipinski definition) is 4. The van der Waals surface area contributed by atoms with Crippen LogP contribution in [0.15, 0.2) is 132 Å². The summed E-state index contributed by atoms with van der Waals surface area (Å²) < 4.78 is 8.82. The molecule has 0 aliphatic carbocycles. The van der Waals surface area contributed by atoms with Gasteiger partial charge < -0.3 is 14.0 Å². The van der Waals surface area contributed by atoms with Gasteiger partial charge in [0.1, 0.15) is 5.58 Å². The normalized spacial score (nSPS) is 12.0. The Bertz CT molecular complexity index is 3000. The monoisotopic (exact) mass is 1020 g/mol. The van der Waals surface area contributed by atoms with Crippen LogP contribution in [0, 0.1) is 24.5 Å². The maximum atomic E-state index is 6.49. The van der Waals surface area contributed by atoms with Gasteiger partial charge in [-0.3, -0.25) is 9.97 Å². The van der Waals surface area contributed by atoms with Crippen molar-refractivity contribution in [3.8, 4) is 39.5 Å². The van der Waals surface area contributed by atoms with Crippen molar-refractivity contribution >= 4 is 46.2 Å². The van der Waals surface area contributed by atoms with Crippen molar-refractivity contribution in [3.63, 3.8) is 0 Å². The van der Waals surface area contributed by atoms with Gasteiger partial charge in [0.15, 0.2) is 0 Å². The van der Waals surface area contributed by atoms with Crippen LogP contribution in [-0.2, 0) is 26.5 Å². The molecule has 0 fully saturated rings. The molecule has 4 heterocycles. The van der Waals surface area contributed by atoms with Crippen molar-refractivity contribution in [1.29, 1.82) is 0 Å². The van der Waals surface area contributed by atoms with Gasteiger partial charge in [-0.25, -0.2) is 0 Å². The fraction of sp³-hybridized carbons (Fsp3) is 0.268. The Kier molecular flexibility index (Phi) is 13.3. The Hall–Kier alpha value is -5.46. The number of aryl methyl sites for hydroxylation is 1. The molecule has 5 nitrogen and oxygen atoms in total. The fourth-order valence-electron chi connectivity index (χ4n) is 8.59. The zero-order chi connectivity index (χ0) is 43.9. The van der Waals surface area contributed by atoms with Gasteiger partial charge in [0, 0.05) is 43.6 Å². The molecule has 0 aliphatic rings. The third-order valence-electron chi connectivity index (χ3n) is 11.6. The summed E-state index contributed by atoms with van der Waals surface area (Å²) in [5.41, 5.74) is 15.4. The van der Waals surface area contributed by atoms with Gasteiger partial charge in [0.2, 0.25) is 0 Å². The predicted octanol–water partition coefficient (Wildman–Crippen LogP) is 14.7. The molecule has 0 atom stereocenters. The van der Waals surface area contributed by atoms with E-state index in [1.54, 1.807) is 0 Å². The molecule has 63 heavy (non-hydrogen) atoms. The Morgan fingerprint density at radius 1 is 0.730 bits per heavy atom. The first kappa shape index (κ1) is 45.6. The van der Waals surface area contributed by atoms with Crippen LogP contribution < -0.4 is 5.19 Å². The molecule has 5 aromatic carbocycles. The second-order valence-electron chi connectivity index (χ2n) is 19.4. The summed E-state index contributed by atoms with van der Waals surface area (Å²) in [5.74, 6) is 1.38. The molecule has 323 valence electrons. The molecular formula is C56H58IrN4OSi-2. The van der Waals surface area contributed by atoms with Crippen LogP contribution in [-0.4, -0.2) is 27.6 Å². The predicted molar refractivity (Wildman–Crippen MR) is 263 cm³/mol. The van der Waals surface area contributed by atoms with Gasteiger partial charge in [-0.15, -0.1) is 54.1 Å². The summed E-state index contributed by atoms with van der Waals surface area (Å²) in [4.78, 5) is 14.6. The van der Waals surface area contributed by atoms with Gasteiger partial charge in [-0.05, 0) is 88.0 Å². The molecule has 0 N–H and O–H groups in total. The van der Waals surface area contributed by atoms with Gasteiger partial charge in [-0.2, -0.15) is 0 Å². The fourth-order valence-corrected chi connectivity index (χ4v) is 10.2. The van der Waals surface area contributed by atoms with Crippen molar-refractivity contribution in [2.45, 2.75) is 93.3 Å². The van der Waals surface area contributed by atoms with Crippen LogP contribution >= 0.6 is 0 Å². The number of imidazole rings is 1. The molecule has 0 saturated heterocycles. The van der Waals surface area contributed by atoms with Gasteiger partial charge in [0.25, 0.3) is 0 Å². The molecule has 4 aromatic heterocycles. The van der Waals surface area contributed by atoms with Gasteiger partial charge in [-0.1, -0.05) is 139 Å². The van der Waals surface area contributed by atoms with Crippen molar-refractivity contribution < 1.29 is 24.5 Å². The average molecular weight is 1020 g/mol. The number of fused-ring (bicyclic) bond motifs is 4. The smallest absolute Gasteiger partial charge is 0.120 e. The minimum absolute atomic E-state index is 0. The van der Waals surface area contributed by atoms with E-state index < -0.39 is 8.07 Å². The van der Waals surface area contributed by atoms with E-state index in [1.807, 2.05) is 49.5 Å². The number of rotatable bonds is 8. The minimum atomic E-state index is -1.37. The minimum Gasteiger partial charge on any atom is -0.501 e. The number of furan rings is 1. The summed E-state index contributed by atoms with van der Waals surface area (Å²) >= 11 is 0. The van der Waals surface area contributed by atoms with Gasteiger partial charge >= 0.3 is 0 Å². The number of aromatic nitrogens is 4. The Labute approximate surface area is 388 Å². The summed E-state index contributed by atoms with van der Waals surface area (Å²) in [5, 5.41) is 3.64. The molecule has 7 heteroatoms. The first-order valence-electron chi connectivity index (χ1n) is 22.0. The molecule has 0 spiro atoms. The number of nitrogens with zero attached hydrogens (tertiary/aromatic N) is 4. The van der Waals surface area contributed by atoms with E-state index in [2.05, 4.69) is 175 Å². The van der Waals surface area contributed by atoms with Crippen LogP contribution in [0.1, 0.15) is 82.7 Å². The van der Waals surface area contributed by atoms with E-state index in [4.69, 9.17) is 14.4 Å². The first-order chi connectivity index (χ1) is 29.6. The van der Waals surface area contributed by atoms with Crippen molar-refractivity contribution in [2.24, 2.45) is 5.41 Å². The maximum absolute atomic E-state index is 6.49. The quantitative estimate of drug-likeness (QED) is 0.112. The second-order valence-corrected chi connectivity index (χ2v) is 24.4. The number of pyridine rings is 2. The van der Waals surface area contributed by atoms with Crippen molar-refractivity contribution in [1.82, 2.24) is 19.5 Å². The third-order valence-corrected chi connectivity index (χ3v) is 13.6. The number of benzene rings is 5. The van der Waals surface area contributed by atoms with E-state index in [0.717, 1.165) is 67.7 Å². The first-order valence-corrected chi connectivity index (χ1v) is 25.5. The summed E-state index contributed by atoms with van der Waals surface area (Å²) in [6.07, 6.45) is 5.09. The molecule has 9 rings (SSSR count). The van der Waals surface area contributed by atoms with Gasteiger partial charge in [0.05, 0.1) is 36.2 Å². The standard InChI is InChI=1S/C37H32N3O.C19H26NSi.Ir/c1-22(2)30-20-26(25-12-7-6-8-13-25)21-31(23(3)4)35(30)40-32-18-19-38-24(5)34(32)39-37(40)29-16-11-15-28-27-14-9-10-17-33(27)41-36(28)29;1-19(2,3)13-16-12-17(15-10-8-7-9-11-15)20-14-18(16)21(4,5)6;/h6-15,17-23H,1-5H3;7-10,12,14H,13H2,1-6H3;/q2*-1;. The topological polar surface area (TPSA) is 56.7 Å². The van der Waals surface area contributed by atoms with E-state index in [9.17, 15) is 0 Å². The van der Waals surface area contributed by atoms with Crippen LogP contribution in [0.4, 0.5) is 0 Å². The van der Waals surface area contributed by atoms with E-state index in [0.29, 0.717) is 0 Å². The molecule has 0 unspecified atom stereocenters. The largest absolute Gasteiger partial charge is 0.501 e. The molecule has 0 saturated carbocycles. The van der Waals surface area contributed by atoms with Crippen LogP contribution in [0.2, 0.25) is 19.6 Å². The Morgan fingerprint density at radius 3 is 2.06 bits per heavy atom. The second kappa shape index (κ2) is 18.3. The molecule has 9 aromatic rings. The summed E-state index contributed by atoms with van der Waals surface area (Å²) in [6, 6.07) is 46.9. The summed E-state index contributed by atoms with van der Waals surface area (Å²) in [6.45, 7) is 25.2. The van der Waals surface area contributed by atoms with E-state index in [1.165, 1.54) is 38.7 Å². The van der Waals surface area contributed by atoms with Crippen molar-refractivity contribution in [2.75, 3.05) is 0 Å². The van der Waals surface area contributed by atoms with Crippen molar-refractivity contribution in [3.05, 3.63) is 162 Å². The Balaban J connectivity index is 0.000000229. The van der Waals surface area contributed by atoms with E-state index >= 15 is 0 Å². The van der Waals surface area contributed by atoms with E-state index in [-0.39, 0.29) is 37.4 Å². The molecule has 1 radical (unpaired) electrons. The third kappa shape index (κ3) is 9.43.